The molecule has 0 unspecified atom stereocenters. The Hall–Kier alpha value is 0.110. The van der Waals surface area contributed by atoms with E-state index < -0.39 is 7.60 Å². The zero-order chi connectivity index (χ0) is 10.6. The number of hydrogen-bond donors (Lipinski definition) is 1. The van der Waals surface area contributed by atoms with Gasteiger partial charge in [-0.1, -0.05) is 0 Å². The van der Waals surface area contributed by atoms with Crippen LogP contribution in [-0.2, 0) is 13.6 Å². The van der Waals surface area contributed by atoms with E-state index in [1.807, 2.05) is 13.8 Å². The molecule has 0 spiro atoms. The molecule has 0 aromatic carbocycles. The average molecular weight is 221 g/mol. The van der Waals surface area contributed by atoms with Crippen LogP contribution in [0.2, 0.25) is 0 Å². The largest absolute Gasteiger partial charge is 0.347 e. The fourth-order valence-electron chi connectivity index (χ4n) is 1.73. The summed E-state index contributed by atoms with van der Waals surface area (Å²) in [5.41, 5.74) is 0. The van der Waals surface area contributed by atoms with Crippen LogP contribution in [0.3, 0.4) is 0 Å². The Morgan fingerprint density at radius 3 is 2.21 bits per heavy atom. The molecule has 1 aliphatic rings. The third-order valence-electron chi connectivity index (χ3n) is 2.35. The van der Waals surface area contributed by atoms with Gasteiger partial charge >= 0.3 is 7.60 Å². The van der Waals surface area contributed by atoms with E-state index in [1.54, 1.807) is 0 Å². The lowest BCUT2D eigenvalue weighted by Gasteiger charge is -2.23. The second-order valence-corrected chi connectivity index (χ2v) is 5.76. The van der Waals surface area contributed by atoms with Crippen LogP contribution in [0.5, 0.6) is 0 Å². The van der Waals surface area contributed by atoms with Crippen LogP contribution in [0.15, 0.2) is 0 Å². The standard InChI is InChI=1S/C9H20NO3P/c1-4-12-14(11,13-5-2)9-7-6-8(3)10-9/h8-10H,4-7H2,1-3H3/t8-,9+/m0/s1. The molecule has 2 atom stereocenters. The monoisotopic (exact) mass is 221 g/mol. The highest BCUT2D eigenvalue weighted by molar-refractivity contribution is 7.54. The van der Waals surface area contributed by atoms with Crippen LogP contribution >= 0.6 is 7.60 Å². The number of nitrogens with one attached hydrogen (secondary N) is 1. The zero-order valence-corrected chi connectivity index (χ0v) is 10.0. The molecule has 0 saturated carbocycles. The van der Waals surface area contributed by atoms with Crippen molar-refractivity contribution in [3.8, 4) is 0 Å². The van der Waals surface area contributed by atoms with Gasteiger partial charge in [-0.3, -0.25) is 4.57 Å². The molecule has 0 aromatic rings. The number of rotatable bonds is 5. The molecule has 5 heteroatoms. The Balaban J connectivity index is 2.62. The molecule has 84 valence electrons. The van der Waals surface area contributed by atoms with Crippen molar-refractivity contribution >= 4 is 7.60 Å². The van der Waals surface area contributed by atoms with E-state index in [-0.39, 0.29) is 5.78 Å². The molecule has 4 nitrogen and oxygen atoms in total. The summed E-state index contributed by atoms with van der Waals surface area (Å²) in [7, 11) is -2.92. The minimum Gasteiger partial charge on any atom is -0.308 e. The van der Waals surface area contributed by atoms with E-state index in [4.69, 9.17) is 9.05 Å². The van der Waals surface area contributed by atoms with Gasteiger partial charge in [0.2, 0.25) is 0 Å². The van der Waals surface area contributed by atoms with Crippen molar-refractivity contribution in [1.82, 2.24) is 5.32 Å². The van der Waals surface area contributed by atoms with Crippen molar-refractivity contribution in [2.75, 3.05) is 13.2 Å². The van der Waals surface area contributed by atoms with Gasteiger partial charge in [0.1, 0.15) is 5.78 Å². The fraction of sp³-hybridized carbons (Fsp3) is 1.00. The molecule has 14 heavy (non-hydrogen) atoms. The van der Waals surface area contributed by atoms with Crippen molar-refractivity contribution in [3.05, 3.63) is 0 Å². The smallest absolute Gasteiger partial charge is 0.308 e. The maximum absolute atomic E-state index is 12.3. The van der Waals surface area contributed by atoms with Crippen LogP contribution in [0, 0.1) is 0 Å². The van der Waals surface area contributed by atoms with E-state index in [1.165, 1.54) is 0 Å². The highest BCUT2D eigenvalue weighted by atomic mass is 31.2. The van der Waals surface area contributed by atoms with Gasteiger partial charge in [-0.2, -0.15) is 0 Å². The molecule has 0 bridgehead atoms. The molecule has 1 saturated heterocycles. The summed E-state index contributed by atoms with van der Waals surface area (Å²) in [4.78, 5) is 0. The summed E-state index contributed by atoms with van der Waals surface area (Å²) in [6.45, 7) is 6.63. The quantitative estimate of drug-likeness (QED) is 0.724. The third-order valence-corrected chi connectivity index (χ3v) is 4.76. The Kier molecular flexibility index (Phi) is 4.58. The van der Waals surface area contributed by atoms with E-state index in [0.717, 1.165) is 12.8 Å². The average Bonchev–Trinajstić information content (AvgIpc) is 2.53. The fourth-order valence-corrected chi connectivity index (χ4v) is 3.79. The van der Waals surface area contributed by atoms with E-state index in [2.05, 4.69) is 12.2 Å². The van der Waals surface area contributed by atoms with Gasteiger partial charge in [-0.15, -0.1) is 0 Å². The highest BCUT2D eigenvalue weighted by Gasteiger charge is 2.39. The first-order valence-electron chi connectivity index (χ1n) is 5.27. The molecule has 0 amide bonds. The first kappa shape index (κ1) is 12.2. The van der Waals surface area contributed by atoms with Crippen molar-refractivity contribution < 1.29 is 13.6 Å². The molecule has 1 heterocycles. The first-order valence-corrected chi connectivity index (χ1v) is 6.88. The Morgan fingerprint density at radius 1 is 1.29 bits per heavy atom. The predicted octanol–water partition coefficient (Wildman–Crippen LogP) is 2.35. The number of hydrogen-bond acceptors (Lipinski definition) is 4. The summed E-state index contributed by atoms with van der Waals surface area (Å²) in [5.74, 6) is -0.114. The topological polar surface area (TPSA) is 47.6 Å². The Morgan fingerprint density at radius 2 is 1.86 bits per heavy atom. The second-order valence-electron chi connectivity index (χ2n) is 3.54. The highest BCUT2D eigenvalue weighted by Crippen LogP contribution is 2.54. The van der Waals surface area contributed by atoms with Crippen molar-refractivity contribution in [2.45, 2.75) is 45.4 Å². The maximum atomic E-state index is 12.3. The summed E-state index contributed by atoms with van der Waals surface area (Å²) >= 11 is 0. The summed E-state index contributed by atoms with van der Waals surface area (Å²) in [6.07, 6.45) is 1.91. The van der Waals surface area contributed by atoms with Gasteiger partial charge in [0, 0.05) is 6.04 Å². The van der Waals surface area contributed by atoms with Crippen LogP contribution in [0.1, 0.15) is 33.6 Å². The van der Waals surface area contributed by atoms with Gasteiger partial charge in [0.25, 0.3) is 0 Å². The molecule has 1 N–H and O–H groups in total. The van der Waals surface area contributed by atoms with Crippen molar-refractivity contribution in [3.63, 3.8) is 0 Å². The molecule has 1 rings (SSSR count). The summed E-state index contributed by atoms with van der Waals surface area (Å²) in [5, 5.41) is 3.25. The summed E-state index contributed by atoms with van der Waals surface area (Å²) in [6, 6.07) is 0.411. The molecule has 0 aromatic heterocycles. The molecule has 1 fully saturated rings. The van der Waals surface area contributed by atoms with Crippen LogP contribution in [0.25, 0.3) is 0 Å². The predicted molar refractivity (Wildman–Crippen MR) is 56.5 cm³/mol. The van der Waals surface area contributed by atoms with Gasteiger partial charge in [-0.05, 0) is 33.6 Å². The summed E-state index contributed by atoms with van der Waals surface area (Å²) < 4.78 is 22.8. The van der Waals surface area contributed by atoms with E-state index >= 15 is 0 Å². The van der Waals surface area contributed by atoms with Crippen LogP contribution < -0.4 is 5.32 Å². The van der Waals surface area contributed by atoms with Crippen LogP contribution in [-0.4, -0.2) is 25.0 Å². The van der Waals surface area contributed by atoms with Gasteiger partial charge < -0.3 is 14.4 Å². The maximum Gasteiger partial charge on any atom is 0.347 e. The molecule has 1 aliphatic heterocycles. The lowest BCUT2D eigenvalue weighted by atomic mass is 10.3. The third kappa shape index (κ3) is 2.80. The first-order chi connectivity index (χ1) is 6.62. The second kappa shape index (κ2) is 5.26. The Bertz CT molecular complexity index is 212. The Labute approximate surface area is 85.9 Å². The lowest BCUT2D eigenvalue weighted by Crippen LogP contribution is -2.28. The van der Waals surface area contributed by atoms with Gasteiger partial charge in [0.05, 0.1) is 13.2 Å². The van der Waals surface area contributed by atoms with Gasteiger partial charge in [-0.25, -0.2) is 0 Å². The SMILES string of the molecule is CCOP(=O)(OCC)[C@@H]1CC[C@H](C)N1. The lowest BCUT2D eigenvalue weighted by molar-refractivity contribution is 0.209. The molecule has 0 radical (unpaired) electrons. The van der Waals surface area contributed by atoms with Gasteiger partial charge in [0.15, 0.2) is 0 Å². The minimum atomic E-state index is -2.92. The molecular weight excluding hydrogens is 201 g/mol. The van der Waals surface area contributed by atoms with E-state index in [9.17, 15) is 4.57 Å². The minimum absolute atomic E-state index is 0.114. The normalized spacial score (nSPS) is 28.2. The van der Waals surface area contributed by atoms with Crippen molar-refractivity contribution in [2.24, 2.45) is 0 Å². The van der Waals surface area contributed by atoms with Crippen LogP contribution in [0.4, 0.5) is 0 Å². The molecule has 0 aliphatic carbocycles. The van der Waals surface area contributed by atoms with E-state index in [0.29, 0.717) is 19.3 Å². The molecular formula is C9H20NO3P. The zero-order valence-electron chi connectivity index (χ0n) is 9.16. The van der Waals surface area contributed by atoms with Crippen molar-refractivity contribution in [1.29, 1.82) is 0 Å².